The second-order valence-corrected chi connectivity index (χ2v) is 4.23. The van der Waals surface area contributed by atoms with Crippen LogP contribution in [0.1, 0.15) is 24.3 Å². The number of Topliss-reactive ketones (excluding diaryl/α,β-unsaturated/α-hetero) is 1. The second kappa shape index (κ2) is 4.04. The van der Waals surface area contributed by atoms with Crippen LogP contribution in [0.5, 0.6) is 0 Å². The molecule has 76 valence electrons. The van der Waals surface area contributed by atoms with E-state index in [-0.39, 0.29) is 11.7 Å². The molecular weight excluding hydrogens is 210 g/mol. The Morgan fingerprint density at radius 2 is 2.27 bits per heavy atom. The quantitative estimate of drug-likeness (QED) is 0.784. The Morgan fingerprint density at radius 1 is 1.53 bits per heavy atom. The Balaban J connectivity index is 2.26. The van der Waals surface area contributed by atoms with Crippen molar-refractivity contribution in [3.63, 3.8) is 0 Å². The van der Waals surface area contributed by atoms with Crippen LogP contribution in [-0.2, 0) is 4.79 Å². The van der Waals surface area contributed by atoms with Gasteiger partial charge < -0.3 is 0 Å². The minimum absolute atomic E-state index is 0.0415. The lowest BCUT2D eigenvalue weighted by Crippen LogP contribution is -2.12. The van der Waals surface area contributed by atoms with Gasteiger partial charge in [-0.2, -0.15) is 5.26 Å². The Hall–Kier alpha value is -1.33. The van der Waals surface area contributed by atoms with Crippen molar-refractivity contribution in [2.24, 2.45) is 5.92 Å². The summed E-state index contributed by atoms with van der Waals surface area (Å²) in [5.41, 5.74) is 0.710. The van der Waals surface area contributed by atoms with Crippen LogP contribution >= 0.6 is 11.6 Å². The van der Waals surface area contributed by atoms with Gasteiger partial charge in [-0.15, -0.1) is 0 Å². The van der Waals surface area contributed by atoms with Gasteiger partial charge in [0.05, 0.1) is 6.07 Å². The Morgan fingerprint density at radius 3 is 2.80 bits per heavy atom. The lowest BCUT2D eigenvalue weighted by atomic mass is 9.94. The molecule has 0 aromatic heterocycles. The smallest absolute Gasteiger partial charge is 0.157 e. The number of carbonyl (C=O) groups is 1. The summed E-state index contributed by atoms with van der Waals surface area (Å²) in [5.74, 6) is -0.496. The van der Waals surface area contributed by atoms with Crippen LogP contribution in [0.4, 0.5) is 0 Å². The number of nitriles is 1. The number of rotatable bonds is 3. The van der Waals surface area contributed by atoms with E-state index >= 15 is 0 Å². The van der Waals surface area contributed by atoms with Crippen LogP contribution < -0.4 is 0 Å². The molecule has 1 aromatic carbocycles. The molecule has 2 rings (SSSR count). The average molecular weight is 220 g/mol. The third-order valence-electron chi connectivity index (χ3n) is 2.58. The van der Waals surface area contributed by atoms with Gasteiger partial charge in [0.1, 0.15) is 5.92 Å². The number of nitrogens with zero attached hydrogens (tertiary/aromatic N) is 1. The maximum Gasteiger partial charge on any atom is 0.157 e. The first-order valence-corrected chi connectivity index (χ1v) is 5.29. The maximum absolute atomic E-state index is 11.8. The predicted molar refractivity (Wildman–Crippen MR) is 57.5 cm³/mol. The van der Waals surface area contributed by atoms with Gasteiger partial charge in [-0.1, -0.05) is 23.7 Å². The minimum atomic E-state index is -0.642. The van der Waals surface area contributed by atoms with E-state index in [0.717, 1.165) is 12.8 Å². The Bertz CT molecular complexity index is 431. The molecule has 0 N–H and O–H groups in total. The van der Waals surface area contributed by atoms with Crippen molar-refractivity contribution < 1.29 is 4.79 Å². The van der Waals surface area contributed by atoms with Crippen molar-refractivity contribution >= 4 is 17.4 Å². The molecule has 0 heterocycles. The van der Waals surface area contributed by atoms with Crippen molar-refractivity contribution in [2.75, 3.05) is 0 Å². The van der Waals surface area contributed by atoms with Gasteiger partial charge in [-0.05, 0) is 30.5 Å². The summed E-state index contributed by atoms with van der Waals surface area (Å²) in [4.78, 5) is 11.8. The fraction of sp³-hybridized carbons (Fsp3) is 0.333. The van der Waals surface area contributed by atoms with Crippen LogP contribution in [0.25, 0.3) is 0 Å². The van der Waals surface area contributed by atoms with Crippen LogP contribution in [-0.4, -0.2) is 5.78 Å². The summed E-state index contributed by atoms with van der Waals surface area (Å²) in [6.45, 7) is 0. The van der Waals surface area contributed by atoms with E-state index in [4.69, 9.17) is 16.9 Å². The first kappa shape index (κ1) is 10.2. The lowest BCUT2D eigenvalue weighted by Gasteiger charge is -2.07. The molecule has 1 fully saturated rings. The molecule has 0 amide bonds. The largest absolute Gasteiger partial charge is 0.298 e. The van der Waals surface area contributed by atoms with Gasteiger partial charge in [0, 0.05) is 10.9 Å². The first-order chi connectivity index (χ1) is 7.22. The fourth-order valence-electron chi connectivity index (χ4n) is 1.59. The monoisotopic (exact) mass is 219 g/mol. The SMILES string of the molecule is N#C[C@H](C(=O)C1CC1)c1cccc(Cl)c1. The molecule has 0 unspecified atom stereocenters. The molecule has 15 heavy (non-hydrogen) atoms. The summed E-state index contributed by atoms with van der Waals surface area (Å²) < 4.78 is 0. The van der Waals surface area contributed by atoms with Crippen LogP contribution in [0, 0.1) is 17.2 Å². The molecule has 0 radical (unpaired) electrons. The van der Waals surface area contributed by atoms with Crippen molar-refractivity contribution in [3.05, 3.63) is 34.9 Å². The molecule has 1 aliphatic carbocycles. The Labute approximate surface area is 93.5 Å². The van der Waals surface area contributed by atoms with Crippen LogP contribution in [0.3, 0.4) is 0 Å². The molecular formula is C12H10ClNO. The van der Waals surface area contributed by atoms with Gasteiger partial charge in [0.15, 0.2) is 5.78 Å². The zero-order chi connectivity index (χ0) is 10.8. The number of halogens is 1. The first-order valence-electron chi connectivity index (χ1n) is 4.91. The lowest BCUT2D eigenvalue weighted by molar-refractivity contribution is -0.120. The highest BCUT2D eigenvalue weighted by Gasteiger charge is 2.35. The standard InChI is InChI=1S/C12H10ClNO/c13-10-3-1-2-9(6-10)11(7-14)12(15)8-4-5-8/h1-3,6,8,11H,4-5H2/t11-/m0/s1. The number of carbonyl (C=O) groups excluding carboxylic acids is 1. The molecule has 0 spiro atoms. The number of ketones is 1. The molecule has 0 aliphatic heterocycles. The van der Waals surface area contributed by atoms with Gasteiger partial charge in [-0.3, -0.25) is 4.79 Å². The van der Waals surface area contributed by atoms with E-state index in [1.165, 1.54) is 0 Å². The van der Waals surface area contributed by atoms with Crippen LogP contribution in [0.2, 0.25) is 5.02 Å². The van der Waals surface area contributed by atoms with Crippen molar-refractivity contribution in [1.29, 1.82) is 5.26 Å². The highest BCUT2D eigenvalue weighted by molar-refractivity contribution is 6.30. The van der Waals surface area contributed by atoms with Gasteiger partial charge >= 0.3 is 0 Å². The van der Waals surface area contributed by atoms with E-state index in [9.17, 15) is 4.79 Å². The number of hydrogen-bond acceptors (Lipinski definition) is 2. The third kappa shape index (κ3) is 2.19. The van der Waals surface area contributed by atoms with E-state index in [0.29, 0.717) is 10.6 Å². The van der Waals surface area contributed by atoms with Crippen LogP contribution in [0.15, 0.2) is 24.3 Å². The predicted octanol–water partition coefficient (Wildman–Crippen LogP) is 2.93. The minimum Gasteiger partial charge on any atom is -0.298 e. The van der Waals surface area contributed by atoms with E-state index < -0.39 is 5.92 Å². The zero-order valence-electron chi connectivity index (χ0n) is 8.11. The van der Waals surface area contributed by atoms with Gasteiger partial charge in [0.2, 0.25) is 0 Å². The highest BCUT2D eigenvalue weighted by atomic mass is 35.5. The number of benzene rings is 1. The summed E-state index contributed by atoms with van der Waals surface area (Å²) in [6, 6.07) is 9.03. The van der Waals surface area contributed by atoms with E-state index in [1.54, 1.807) is 24.3 Å². The maximum atomic E-state index is 11.8. The number of hydrogen-bond donors (Lipinski definition) is 0. The molecule has 3 heteroatoms. The molecule has 0 bridgehead atoms. The molecule has 1 saturated carbocycles. The van der Waals surface area contributed by atoms with Gasteiger partial charge in [0.25, 0.3) is 0 Å². The average Bonchev–Trinajstić information content (AvgIpc) is 3.02. The molecule has 1 aromatic rings. The molecule has 2 nitrogen and oxygen atoms in total. The highest BCUT2D eigenvalue weighted by Crippen LogP contribution is 2.35. The van der Waals surface area contributed by atoms with Crippen molar-refractivity contribution in [1.82, 2.24) is 0 Å². The molecule has 1 atom stereocenters. The fourth-order valence-corrected chi connectivity index (χ4v) is 1.79. The van der Waals surface area contributed by atoms with E-state index in [2.05, 4.69) is 6.07 Å². The zero-order valence-corrected chi connectivity index (χ0v) is 8.87. The second-order valence-electron chi connectivity index (χ2n) is 3.79. The third-order valence-corrected chi connectivity index (χ3v) is 2.81. The summed E-state index contributed by atoms with van der Waals surface area (Å²) in [6.07, 6.45) is 1.86. The molecule has 0 saturated heterocycles. The normalized spacial score (nSPS) is 16.8. The summed E-state index contributed by atoms with van der Waals surface area (Å²) in [5, 5.41) is 9.57. The molecule has 1 aliphatic rings. The van der Waals surface area contributed by atoms with Gasteiger partial charge in [-0.25, -0.2) is 0 Å². The van der Waals surface area contributed by atoms with E-state index in [1.807, 2.05) is 0 Å². The summed E-state index contributed by atoms with van der Waals surface area (Å²) >= 11 is 5.83. The van der Waals surface area contributed by atoms with Crippen molar-refractivity contribution in [3.8, 4) is 6.07 Å². The summed E-state index contributed by atoms with van der Waals surface area (Å²) in [7, 11) is 0. The topological polar surface area (TPSA) is 40.9 Å². The Kier molecular flexibility index (Phi) is 2.75. The van der Waals surface area contributed by atoms with Crippen molar-refractivity contribution in [2.45, 2.75) is 18.8 Å².